The average molecular weight is 634 g/mol. The SMILES string of the molecule is Cc1c(-c2cc3cc(NC(=O)O[C@H]4C[C@H](n5ccnc5)C4)ncc3c(NC(=O)OC(C)(C)C)c2F)cnc2c1N(C(=O)O)CCO2. The van der Waals surface area contributed by atoms with E-state index in [9.17, 15) is 19.5 Å². The summed E-state index contributed by atoms with van der Waals surface area (Å²) in [7, 11) is 0. The molecule has 1 fully saturated rings. The number of halogens is 1. The van der Waals surface area contributed by atoms with Crippen LogP contribution in [0.3, 0.4) is 0 Å². The van der Waals surface area contributed by atoms with Crippen LogP contribution in [0.2, 0.25) is 0 Å². The van der Waals surface area contributed by atoms with Gasteiger partial charge in [0.1, 0.15) is 29.8 Å². The highest BCUT2D eigenvalue weighted by atomic mass is 19.1. The average Bonchev–Trinajstić information content (AvgIpc) is 3.49. The molecule has 3 N–H and O–H groups in total. The number of imidazole rings is 1. The van der Waals surface area contributed by atoms with Gasteiger partial charge >= 0.3 is 18.3 Å². The molecule has 0 atom stereocenters. The van der Waals surface area contributed by atoms with Crippen LogP contribution in [0.1, 0.15) is 45.2 Å². The van der Waals surface area contributed by atoms with Crippen LogP contribution in [0.4, 0.5) is 36.0 Å². The van der Waals surface area contributed by atoms with E-state index < -0.39 is 29.7 Å². The number of ether oxygens (including phenoxy) is 3. The van der Waals surface area contributed by atoms with Crippen LogP contribution in [-0.4, -0.2) is 67.8 Å². The molecule has 1 aliphatic carbocycles. The van der Waals surface area contributed by atoms with E-state index in [4.69, 9.17) is 14.2 Å². The number of hydrogen-bond donors (Lipinski definition) is 3. The van der Waals surface area contributed by atoms with Crippen molar-refractivity contribution >= 4 is 46.2 Å². The predicted octanol–water partition coefficient (Wildman–Crippen LogP) is 6.12. The van der Waals surface area contributed by atoms with E-state index in [1.807, 2.05) is 10.8 Å². The normalized spacial score (nSPS) is 17.4. The molecule has 2 aliphatic rings. The molecule has 0 radical (unpaired) electrons. The molecule has 4 heterocycles. The van der Waals surface area contributed by atoms with Gasteiger partial charge in [0.2, 0.25) is 5.88 Å². The highest BCUT2D eigenvalue weighted by Crippen LogP contribution is 2.42. The Morgan fingerprint density at radius 3 is 2.57 bits per heavy atom. The number of hydrogen-bond acceptors (Lipinski definition) is 9. The molecule has 240 valence electrons. The number of carbonyl (C=O) groups is 3. The topological polar surface area (TPSA) is 170 Å². The lowest BCUT2D eigenvalue weighted by molar-refractivity contribution is 0.0293. The number of aromatic nitrogens is 4. The number of anilines is 3. The summed E-state index contributed by atoms with van der Waals surface area (Å²) in [6.07, 6.45) is 6.22. The van der Waals surface area contributed by atoms with Gasteiger partial charge in [0.15, 0.2) is 5.82 Å². The second-order valence-corrected chi connectivity index (χ2v) is 12.1. The predicted molar refractivity (Wildman–Crippen MR) is 165 cm³/mol. The molecule has 15 heteroatoms. The number of amides is 3. The summed E-state index contributed by atoms with van der Waals surface area (Å²) in [5.41, 5.74) is -0.191. The van der Waals surface area contributed by atoms with Crippen LogP contribution in [0.25, 0.3) is 21.9 Å². The Morgan fingerprint density at radius 2 is 1.87 bits per heavy atom. The Morgan fingerprint density at radius 1 is 1.09 bits per heavy atom. The van der Waals surface area contributed by atoms with Crippen LogP contribution >= 0.6 is 0 Å². The van der Waals surface area contributed by atoms with Gasteiger partial charge in [-0.1, -0.05) is 0 Å². The zero-order valence-electron chi connectivity index (χ0n) is 25.5. The van der Waals surface area contributed by atoms with Crippen LogP contribution in [0, 0.1) is 12.7 Å². The van der Waals surface area contributed by atoms with Crippen LogP contribution in [-0.2, 0) is 9.47 Å². The highest BCUT2D eigenvalue weighted by Gasteiger charge is 2.34. The molecule has 3 aromatic heterocycles. The van der Waals surface area contributed by atoms with Gasteiger partial charge in [0.05, 0.1) is 18.6 Å². The molecule has 1 saturated carbocycles. The van der Waals surface area contributed by atoms with Gasteiger partial charge in [0, 0.05) is 60.2 Å². The summed E-state index contributed by atoms with van der Waals surface area (Å²) in [5.74, 6) is -0.573. The summed E-state index contributed by atoms with van der Waals surface area (Å²) < 4.78 is 34.8. The monoisotopic (exact) mass is 633 g/mol. The summed E-state index contributed by atoms with van der Waals surface area (Å²) >= 11 is 0. The molecule has 0 spiro atoms. The smallest absolute Gasteiger partial charge is 0.413 e. The number of rotatable bonds is 5. The quantitative estimate of drug-likeness (QED) is 0.233. The van der Waals surface area contributed by atoms with E-state index >= 15 is 4.39 Å². The highest BCUT2D eigenvalue weighted by molar-refractivity contribution is 6.04. The lowest BCUT2D eigenvalue weighted by Gasteiger charge is -2.35. The number of nitrogens with one attached hydrogen (secondary N) is 2. The number of fused-ring (bicyclic) bond motifs is 2. The molecule has 0 unspecified atom stereocenters. The van der Waals surface area contributed by atoms with Gasteiger partial charge in [-0.05, 0) is 50.8 Å². The number of carboxylic acid groups (broad SMARTS) is 1. The Labute approximate surface area is 262 Å². The minimum atomic E-state index is -1.20. The van der Waals surface area contributed by atoms with Crippen molar-refractivity contribution in [3.05, 3.63) is 54.6 Å². The molecule has 0 bridgehead atoms. The molecule has 1 aromatic carbocycles. The van der Waals surface area contributed by atoms with Gasteiger partial charge in [0.25, 0.3) is 0 Å². The minimum Gasteiger partial charge on any atom is -0.474 e. The maximum absolute atomic E-state index is 16.4. The molecule has 6 rings (SSSR count). The van der Waals surface area contributed by atoms with Gasteiger partial charge in [-0.15, -0.1) is 0 Å². The maximum Gasteiger partial charge on any atom is 0.413 e. The fourth-order valence-corrected chi connectivity index (χ4v) is 5.51. The van der Waals surface area contributed by atoms with Crippen LogP contribution in [0.5, 0.6) is 5.88 Å². The van der Waals surface area contributed by atoms with Crippen molar-refractivity contribution in [1.29, 1.82) is 0 Å². The molecule has 3 amide bonds. The van der Waals surface area contributed by atoms with Crippen molar-refractivity contribution in [1.82, 2.24) is 19.5 Å². The van der Waals surface area contributed by atoms with Crippen molar-refractivity contribution < 1.29 is 38.1 Å². The van der Waals surface area contributed by atoms with Crippen molar-refractivity contribution in [3.63, 3.8) is 0 Å². The van der Waals surface area contributed by atoms with E-state index in [2.05, 4.69) is 25.6 Å². The fourth-order valence-electron chi connectivity index (χ4n) is 5.51. The lowest BCUT2D eigenvalue weighted by Crippen LogP contribution is -2.37. The molecule has 4 aromatic rings. The third kappa shape index (κ3) is 6.07. The zero-order chi connectivity index (χ0) is 32.7. The third-order valence-corrected chi connectivity index (χ3v) is 7.72. The second kappa shape index (κ2) is 11.8. The van der Waals surface area contributed by atoms with E-state index in [0.29, 0.717) is 23.8 Å². The van der Waals surface area contributed by atoms with E-state index in [1.165, 1.54) is 24.5 Å². The van der Waals surface area contributed by atoms with Gasteiger partial charge in [-0.3, -0.25) is 15.5 Å². The Hall–Kier alpha value is -5.47. The third-order valence-electron chi connectivity index (χ3n) is 7.72. The molecule has 0 saturated heterocycles. The Kier molecular flexibility index (Phi) is 7.84. The number of benzene rings is 1. The first-order valence-electron chi connectivity index (χ1n) is 14.6. The number of pyridine rings is 2. The van der Waals surface area contributed by atoms with Gasteiger partial charge in [-0.2, -0.15) is 0 Å². The lowest BCUT2D eigenvalue weighted by atomic mass is 9.89. The number of nitrogens with zero attached hydrogens (tertiary/aromatic N) is 5. The number of carbonyl (C=O) groups excluding carboxylic acids is 2. The summed E-state index contributed by atoms with van der Waals surface area (Å²) in [5, 5.41) is 15.5. The molecule has 1 aliphatic heterocycles. The Balaban J connectivity index is 1.34. The largest absolute Gasteiger partial charge is 0.474 e. The van der Waals surface area contributed by atoms with E-state index in [-0.39, 0.29) is 64.9 Å². The first-order chi connectivity index (χ1) is 21.9. The van der Waals surface area contributed by atoms with E-state index in [0.717, 1.165) is 4.90 Å². The van der Waals surface area contributed by atoms with Gasteiger partial charge in [-0.25, -0.2) is 33.7 Å². The first-order valence-corrected chi connectivity index (χ1v) is 14.6. The molecule has 14 nitrogen and oxygen atoms in total. The molecule has 46 heavy (non-hydrogen) atoms. The second-order valence-electron chi connectivity index (χ2n) is 12.1. The summed E-state index contributed by atoms with van der Waals surface area (Å²) in [6.45, 7) is 6.86. The maximum atomic E-state index is 16.4. The van der Waals surface area contributed by atoms with Crippen molar-refractivity contribution in [2.24, 2.45) is 0 Å². The zero-order valence-corrected chi connectivity index (χ0v) is 25.5. The fraction of sp³-hybridized carbons (Fsp3) is 0.355. The van der Waals surface area contributed by atoms with Crippen molar-refractivity contribution in [2.75, 3.05) is 28.7 Å². The van der Waals surface area contributed by atoms with E-state index in [1.54, 1.807) is 40.2 Å². The van der Waals surface area contributed by atoms with Crippen molar-refractivity contribution in [2.45, 2.75) is 58.3 Å². The first kappa shape index (κ1) is 30.6. The van der Waals surface area contributed by atoms with Crippen LogP contribution < -0.4 is 20.3 Å². The van der Waals surface area contributed by atoms with Crippen molar-refractivity contribution in [3.8, 4) is 17.0 Å². The minimum absolute atomic E-state index is 0.0157. The standard InChI is InChI=1S/C31H32FN7O7/c1-16-21(13-35-27-26(16)39(30(42)43)7-8-44-27)20-9-17-10-23(36-28(40)45-19-11-18(12-19)38-6-5-33-15-38)34-14-22(17)25(24(20)32)37-29(41)46-31(2,3)4/h5-6,9-10,13-15,18-19H,7-8,11-12H2,1-4H3,(H,37,41)(H,42,43)(H,34,36,40)/t18-,19-. The molecular weight excluding hydrogens is 601 g/mol. The summed E-state index contributed by atoms with van der Waals surface area (Å²) in [6, 6.07) is 3.23. The molecular formula is C31H32FN7O7. The summed E-state index contributed by atoms with van der Waals surface area (Å²) in [4.78, 5) is 51.2. The Bertz CT molecular complexity index is 1840. The van der Waals surface area contributed by atoms with Crippen LogP contribution in [0.15, 0.2) is 43.2 Å². The van der Waals surface area contributed by atoms with Gasteiger partial charge < -0.3 is 23.9 Å².